The van der Waals surface area contributed by atoms with Crippen molar-refractivity contribution in [2.45, 2.75) is 32.0 Å². The van der Waals surface area contributed by atoms with Crippen LogP contribution >= 0.6 is 15.9 Å². The quantitative estimate of drug-likeness (QED) is 0.902. The number of aliphatic hydroxyl groups is 1. The molecule has 0 saturated carbocycles. The van der Waals surface area contributed by atoms with Gasteiger partial charge in [-0.05, 0) is 54.2 Å². The molecule has 20 heavy (non-hydrogen) atoms. The van der Waals surface area contributed by atoms with Crippen molar-refractivity contribution in [3.05, 3.63) is 63.6 Å². The van der Waals surface area contributed by atoms with E-state index in [-0.39, 0.29) is 6.10 Å². The van der Waals surface area contributed by atoms with Gasteiger partial charge in [-0.15, -0.1) is 0 Å². The average Bonchev–Trinajstić information content (AvgIpc) is 2.46. The molecule has 1 aliphatic rings. The summed E-state index contributed by atoms with van der Waals surface area (Å²) < 4.78 is 7.02. The van der Waals surface area contributed by atoms with Crippen molar-refractivity contribution in [3.8, 4) is 5.75 Å². The number of ether oxygens (including phenoxy) is 1. The molecule has 0 heterocycles. The predicted molar refractivity (Wildman–Crippen MR) is 82.8 cm³/mol. The first-order valence-corrected chi connectivity index (χ1v) is 7.70. The lowest BCUT2D eigenvalue weighted by Gasteiger charge is -2.23. The SMILES string of the molecule is OC1CCCc2c(OCc3cccc(Br)c3)cccc21. The Morgan fingerprint density at radius 3 is 2.90 bits per heavy atom. The van der Waals surface area contributed by atoms with Gasteiger partial charge in [-0.2, -0.15) is 0 Å². The fraction of sp³-hybridized carbons (Fsp3) is 0.294. The van der Waals surface area contributed by atoms with E-state index in [2.05, 4.69) is 28.1 Å². The summed E-state index contributed by atoms with van der Waals surface area (Å²) in [6.07, 6.45) is 2.52. The first-order valence-electron chi connectivity index (χ1n) is 6.91. The zero-order chi connectivity index (χ0) is 13.9. The summed E-state index contributed by atoms with van der Waals surface area (Å²) >= 11 is 3.47. The van der Waals surface area contributed by atoms with Crippen molar-refractivity contribution in [2.24, 2.45) is 0 Å². The minimum absolute atomic E-state index is 0.340. The van der Waals surface area contributed by atoms with Gasteiger partial charge < -0.3 is 9.84 Å². The molecule has 2 nitrogen and oxygen atoms in total. The molecule has 0 amide bonds. The second-order valence-electron chi connectivity index (χ2n) is 5.15. The first kappa shape index (κ1) is 13.7. The Morgan fingerprint density at radius 1 is 1.20 bits per heavy atom. The van der Waals surface area contributed by atoms with E-state index in [1.807, 2.05) is 30.3 Å². The third-order valence-electron chi connectivity index (χ3n) is 3.72. The maximum absolute atomic E-state index is 10.0. The highest BCUT2D eigenvalue weighted by atomic mass is 79.9. The summed E-state index contributed by atoms with van der Waals surface area (Å²) in [5.41, 5.74) is 3.33. The summed E-state index contributed by atoms with van der Waals surface area (Å²) in [6.45, 7) is 0.548. The van der Waals surface area contributed by atoms with E-state index >= 15 is 0 Å². The third-order valence-corrected chi connectivity index (χ3v) is 4.21. The van der Waals surface area contributed by atoms with Crippen molar-refractivity contribution >= 4 is 15.9 Å². The van der Waals surface area contributed by atoms with Gasteiger partial charge >= 0.3 is 0 Å². The number of halogens is 1. The largest absolute Gasteiger partial charge is 0.489 e. The average molecular weight is 333 g/mol. The molecule has 3 heteroatoms. The zero-order valence-electron chi connectivity index (χ0n) is 11.2. The monoisotopic (exact) mass is 332 g/mol. The van der Waals surface area contributed by atoms with Gasteiger partial charge in [0.15, 0.2) is 0 Å². The van der Waals surface area contributed by atoms with E-state index in [0.29, 0.717) is 6.61 Å². The van der Waals surface area contributed by atoms with E-state index in [9.17, 15) is 5.11 Å². The molecule has 2 aromatic carbocycles. The molecule has 0 aromatic heterocycles. The second-order valence-corrected chi connectivity index (χ2v) is 6.07. The van der Waals surface area contributed by atoms with Gasteiger partial charge in [0.25, 0.3) is 0 Å². The maximum Gasteiger partial charge on any atom is 0.123 e. The number of rotatable bonds is 3. The Kier molecular flexibility index (Phi) is 4.08. The van der Waals surface area contributed by atoms with E-state index in [4.69, 9.17) is 4.74 Å². The number of aliphatic hydroxyl groups excluding tert-OH is 1. The summed E-state index contributed by atoms with van der Waals surface area (Å²) in [5, 5.41) is 10.0. The first-order chi connectivity index (χ1) is 9.74. The summed E-state index contributed by atoms with van der Waals surface area (Å²) in [5.74, 6) is 0.904. The van der Waals surface area contributed by atoms with Crippen molar-refractivity contribution < 1.29 is 9.84 Å². The number of fused-ring (bicyclic) bond motifs is 1. The summed E-state index contributed by atoms with van der Waals surface area (Å²) in [7, 11) is 0. The topological polar surface area (TPSA) is 29.5 Å². The van der Waals surface area contributed by atoms with Gasteiger partial charge in [0.2, 0.25) is 0 Å². The molecule has 1 N–H and O–H groups in total. The molecule has 2 aromatic rings. The molecule has 0 radical (unpaired) electrons. The lowest BCUT2D eigenvalue weighted by molar-refractivity contribution is 0.155. The highest BCUT2D eigenvalue weighted by Gasteiger charge is 2.20. The highest BCUT2D eigenvalue weighted by molar-refractivity contribution is 9.10. The van der Waals surface area contributed by atoms with Gasteiger partial charge in [0, 0.05) is 4.47 Å². The van der Waals surface area contributed by atoms with Crippen LogP contribution in [0.3, 0.4) is 0 Å². The standard InChI is InChI=1S/C17H17BrO2/c18-13-5-1-4-12(10-13)11-20-17-9-3-6-14-15(17)7-2-8-16(14)19/h1,3-6,9-10,16,19H,2,7-8,11H2. The molecule has 0 fully saturated rings. The Hall–Kier alpha value is -1.32. The molecule has 0 bridgehead atoms. The normalized spacial score (nSPS) is 17.6. The lowest BCUT2D eigenvalue weighted by Crippen LogP contribution is -2.11. The van der Waals surface area contributed by atoms with E-state index in [0.717, 1.165) is 40.6 Å². The van der Waals surface area contributed by atoms with Gasteiger partial charge in [0.05, 0.1) is 6.10 Å². The Morgan fingerprint density at radius 2 is 2.05 bits per heavy atom. The van der Waals surface area contributed by atoms with Crippen LogP contribution in [-0.4, -0.2) is 5.11 Å². The molecule has 0 spiro atoms. The Labute approximate surface area is 127 Å². The van der Waals surface area contributed by atoms with Crippen LogP contribution in [0.25, 0.3) is 0 Å². The highest BCUT2D eigenvalue weighted by Crippen LogP contribution is 2.35. The van der Waals surface area contributed by atoms with Crippen LogP contribution in [0.2, 0.25) is 0 Å². The summed E-state index contributed by atoms with van der Waals surface area (Å²) in [4.78, 5) is 0. The third kappa shape index (κ3) is 2.89. The van der Waals surface area contributed by atoms with Crippen molar-refractivity contribution in [3.63, 3.8) is 0 Å². The smallest absolute Gasteiger partial charge is 0.123 e. The van der Waals surface area contributed by atoms with E-state index in [1.54, 1.807) is 0 Å². The van der Waals surface area contributed by atoms with Gasteiger partial charge in [-0.1, -0.05) is 40.2 Å². The molecule has 0 aliphatic heterocycles. The minimum atomic E-state index is -0.340. The molecule has 1 aliphatic carbocycles. The molecular formula is C17H17BrO2. The van der Waals surface area contributed by atoms with Crippen LogP contribution in [0.1, 0.15) is 35.6 Å². The maximum atomic E-state index is 10.0. The zero-order valence-corrected chi connectivity index (χ0v) is 12.8. The van der Waals surface area contributed by atoms with E-state index in [1.165, 1.54) is 5.56 Å². The van der Waals surface area contributed by atoms with Crippen LogP contribution in [-0.2, 0) is 13.0 Å². The lowest BCUT2D eigenvalue weighted by atomic mass is 9.89. The summed E-state index contributed by atoms with van der Waals surface area (Å²) in [6, 6.07) is 14.1. The fourth-order valence-corrected chi connectivity index (χ4v) is 3.16. The number of benzene rings is 2. The van der Waals surface area contributed by atoms with Crippen molar-refractivity contribution in [1.29, 1.82) is 0 Å². The van der Waals surface area contributed by atoms with Crippen LogP contribution < -0.4 is 4.74 Å². The fourth-order valence-electron chi connectivity index (χ4n) is 2.71. The molecule has 3 rings (SSSR count). The van der Waals surface area contributed by atoms with Crippen LogP contribution in [0.4, 0.5) is 0 Å². The van der Waals surface area contributed by atoms with E-state index < -0.39 is 0 Å². The molecular weight excluding hydrogens is 316 g/mol. The van der Waals surface area contributed by atoms with Crippen LogP contribution in [0.15, 0.2) is 46.9 Å². The van der Waals surface area contributed by atoms with Gasteiger partial charge in [0.1, 0.15) is 12.4 Å². The van der Waals surface area contributed by atoms with Gasteiger partial charge in [-0.3, -0.25) is 0 Å². The van der Waals surface area contributed by atoms with Crippen molar-refractivity contribution in [2.75, 3.05) is 0 Å². The van der Waals surface area contributed by atoms with Crippen LogP contribution in [0, 0.1) is 0 Å². The second kappa shape index (κ2) is 5.98. The van der Waals surface area contributed by atoms with Crippen molar-refractivity contribution in [1.82, 2.24) is 0 Å². The number of hydrogen-bond donors (Lipinski definition) is 1. The Bertz CT molecular complexity index is 610. The number of hydrogen-bond acceptors (Lipinski definition) is 2. The molecule has 1 atom stereocenters. The Balaban J connectivity index is 1.80. The molecule has 1 unspecified atom stereocenters. The molecule has 104 valence electrons. The molecule has 0 saturated heterocycles. The van der Waals surface area contributed by atoms with Crippen LogP contribution in [0.5, 0.6) is 5.75 Å². The van der Waals surface area contributed by atoms with Gasteiger partial charge in [-0.25, -0.2) is 0 Å². The minimum Gasteiger partial charge on any atom is -0.489 e. The predicted octanol–water partition coefficient (Wildman–Crippen LogP) is 4.40.